The van der Waals surface area contributed by atoms with Crippen molar-refractivity contribution in [2.45, 2.75) is 59.7 Å². The Kier molecular flexibility index (Phi) is 7.38. The molecule has 0 aromatic heterocycles. The minimum Gasteiger partial charge on any atom is -0.446 e. The molecule has 0 fully saturated rings. The van der Waals surface area contributed by atoms with Crippen molar-refractivity contribution in [2.24, 2.45) is 0 Å². The van der Waals surface area contributed by atoms with Crippen molar-refractivity contribution >= 4 is 23.6 Å². The number of rotatable bonds is 6. The minimum absolute atomic E-state index is 0.149. The predicted octanol–water partition coefficient (Wildman–Crippen LogP) is 4.69. The summed E-state index contributed by atoms with van der Waals surface area (Å²) in [6, 6.07) is 5.22. The van der Waals surface area contributed by atoms with E-state index in [1.165, 1.54) is 0 Å². The molecule has 1 aromatic carbocycles. The van der Waals surface area contributed by atoms with Gasteiger partial charge in [-0.1, -0.05) is 19.9 Å². The standard InChI is InChI=1S/C17H26N2O4/c1-6-12(4)22-16(20)18-14-9-8-11(3)15(10-14)19-17(21)23-13(5)7-2/h8-10,12-13H,6-7H2,1-5H3,(H,18,20)(H,19,21)/t12-,13+/m0/s1. The quantitative estimate of drug-likeness (QED) is 0.796. The summed E-state index contributed by atoms with van der Waals surface area (Å²) in [4.78, 5) is 23.5. The Balaban J connectivity index is 2.71. The molecule has 2 amide bonds. The fourth-order valence-electron chi connectivity index (χ4n) is 1.65. The third kappa shape index (κ3) is 6.59. The van der Waals surface area contributed by atoms with Gasteiger partial charge >= 0.3 is 12.2 Å². The molecule has 0 aliphatic heterocycles. The van der Waals surface area contributed by atoms with Crippen LogP contribution in [0.1, 0.15) is 46.1 Å². The van der Waals surface area contributed by atoms with Crippen LogP contribution < -0.4 is 10.6 Å². The number of anilines is 2. The van der Waals surface area contributed by atoms with E-state index >= 15 is 0 Å². The predicted molar refractivity (Wildman–Crippen MR) is 90.9 cm³/mol. The second-order valence-electron chi connectivity index (χ2n) is 5.53. The Hall–Kier alpha value is -2.24. The molecule has 0 radical (unpaired) electrons. The summed E-state index contributed by atoms with van der Waals surface area (Å²) >= 11 is 0. The van der Waals surface area contributed by atoms with Crippen LogP contribution >= 0.6 is 0 Å². The Morgan fingerprint density at radius 1 is 1.00 bits per heavy atom. The minimum atomic E-state index is -0.517. The average Bonchev–Trinajstić information content (AvgIpc) is 2.50. The maximum Gasteiger partial charge on any atom is 0.411 e. The van der Waals surface area contributed by atoms with Gasteiger partial charge < -0.3 is 9.47 Å². The summed E-state index contributed by atoms with van der Waals surface area (Å²) in [5.41, 5.74) is 1.99. The van der Waals surface area contributed by atoms with Gasteiger partial charge in [-0.05, 0) is 51.3 Å². The molecule has 0 spiro atoms. The molecule has 0 heterocycles. The molecule has 0 saturated carbocycles. The molecule has 2 N–H and O–H groups in total. The number of ether oxygens (including phenoxy) is 2. The van der Waals surface area contributed by atoms with Crippen molar-refractivity contribution in [3.8, 4) is 0 Å². The van der Waals surface area contributed by atoms with Crippen LogP contribution in [0.2, 0.25) is 0 Å². The van der Waals surface area contributed by atoms with Crippen LogP contribution in [0.4, 0.5) is 21.0 Å². The Bertz CT molecular complexity index is 545. The van der Waals surface area contributed by atoms with E-state index < -0.39 is 12.2 Å². The van der Waals surface area contributed by atoms with E-state index in [4.69, 9.17) is 9.47 Å². The molecule has 128 valence electrons. The van der Waals surface area contributed by atoms with Crippen molar-refractivity contribution in [3.05, 3.63) is 23.8 Å². The first kappa shape index (κ1) is 18.8. The fourth-order valence-corrected chi connectivity index (χ4v) is 1.65. The molecule has 23 heavy (non-hydrogen) atoms. The number of hydrogen-bond donors (Lipinski definition) is 2. The van der Waals surface area contributed by atoms with Crippen LogP contribution in [0.5, 0.6) is 0 Å². The average molecular weight is 322 g/mol. The lowest BCUT2D eigenvalue weighted by Gasteiger charge is -2.15. The van der Waals surface area contributed by atoms with Crippen LogP contribution in [-0.4, -0.2) is 24.4 Å². The van der Waals surface area contributed by atoms with Gasteiger partial charge in [-0.3, -0.25) is 10.6 Å². The lowest BCUT2D eigenvalue weighted by Crippen LogP contribution is -2.21. The Morgan fingerprint density at radius 2 is 1.52 bits per heavy atom. The second-order valence-corrected chi connectivity index (χ2v) is 5.53. The Labute approximate surface area is 137 Å². The smallest absolute Gasteiger partial charge is 0.411 e. The zero-order valence-electron chi connectivity index (χ0n) is 14.4. The fraction of sp³-hybridized carbons (Fsp3) is 0.529. The summed E-state index contributed by atoms with van der Waals surface area (Å²) in [5.74, 6) is 0. The van der Waals surface area contributed by atoms with Crippen molar-refractivity contribution in [1.82, 2.24) is 0 Å². The molecular weight excluding hydrogens is 296 g/mol. The normalized spacial score (nSPS) is 12.9. The molecule has 1 rings (SSSR count). The number of hydrogen-bond acceptors (Lipinski definition) is 4. The summed E-state index contributed by atoms with van der Waals surface area (Å²) in [7, 11) is 0. The summed E-state index contributed by atoms with van der Waals surface area (Å²) < 4.78 is 10.3. The van der Waals surface area contributed by atoms with Gasteiger partial charge in [-0.25, -0.2) is 9.59 Å². The van der Waals surface area contributed by atoms with Crippen LogP contribution in [-0.2, 0) is 9.47 Å². The highest BCUT2D eigenvalue weighted by molar-refractivity contribution is 5.89. The number of aryl methyl sites for hydroxylation is 1. The van der Waals surface area contributed by atoms with Gasteiger partial charge in [0.05, 0.1) is 0 Å². The number of carbonyl (C=O) groups excluding carboxylic acids is 2. The molecular formula is C17H26N2O4. The van der Waals surface area contributed by atoms with Gasteiger partial charge in [0.1, 0.15) is 12.2 Å². The first-order chi connectivity index (χ1) is 10.8. The molecule has 0 aliphatic carbocycles. The summed E-state index contributed by atoms with van der Waals surface area (Å²) in [6.07, 6.45) is 0.161. The largest absolute Gasteiger partial charge is 0.446 e. The summed E-state index contributed by atoms with van der Waals surface area (Å²) in [6.45, 7) is 9.40. The van der Waals surface area contributed by atoms with Crippen molar-refractivity contribution in [2.75, 3.05) is 10.6 Å². The van der Waals surface area contributed by atoms with E-state index in [1.807, 2.05) is 34.6 Å². The zero-order valence-corrected chi connectivity index (χ0v) is 14.4. The van der Waals surface area contributed by atoms with Gasteiger partial charge in [0.15, 0.2) is 0 Å². The highest BCUT2D eigenvalue weighted by Gasteiger charge is 2.12. The second kappa shape index (κ2) is 9.02. The van der Waals surface area contributed by atoms with Gasteiger partial charge in [0.2, 0.25) is 0 Å². The molecule has 6 heteroatoms. The molecule has 1 aromatic rings. The molecule has 0 saturated heterocycles. The van der Waals surface area contributed by atoms with Gasteiger partial charge in [0, 0.05) is 11.4 Å². The molecule has 6 nitrogen and oxygen atoms in total. The van der Waals surface area contributed by atoms with Gasteiger partial charge in [-0.15, -0.1) is 0 Å². The van der Waals surface area contributed by atoms with E-state index in [9.17, 15) is 9.59 Å². The van der Waals surface area contributed by atoms with E-state index in [2.05, 4.69) is 10.6 Å². The molecule has 2 atom stereocenters. The maximum atomic E-state index is 11.8. The third-order valence-corrected chi connectivity index (χ3v) is 3.49. The summed E-state index contributed by atoms with van der Waals surface area (Å²) in [5, 5.41) is 5.33. The SMILES string of the molecule is CC[C@@H](C)OC(=O)Nc1cc(NC(=O)O[C@@H](C)CC)ccc1C. The zero-order chi connectivity index (χ0) is 17.4. The third-order valence-electron chi connectivity index (χ3n) is 3.49. The number of carbonyl (C=O) groups is 2. The highest BCUT2D eigenvalue weighted by atomic mass is 16.6. The van der Waals surface area contributed by atoms with Crippen molar-refractivity contribution in [1.29, 1.82) is 0 Å². The van der Waals surface area contributed by atoms with Crippen LogP contribution in [0, 0.1) is 6.92 Å². The first-order valence-corrected chi connectivity index (χ1v) is 7.91. The molecule has 0 aliphatic rings. The lowest BCUT2D eigenvalue weighted by atomic mass is 10.2. The number of benzene rings is 1. The Morgan fingerprint density at radius 3 is 2.04 bits per heavy atom. The van der Waals surface area contributed by atoms with Crippen LogP contribution in [0.3, 0.4) is 0 Å². The maximum absolute atomic E-state index is 11.8. The van der Waals surface area contributed by atoms with Crippen molar-refractivity contribution in [3.63, 3.8) is 0 Å². The first-order valence-electron chi connectivity index (χ1n) is 7.91. The van der Waals surface area contributed by atoms with Crippen LogP contribution in [0.15, 0.2) is 18.2 Å². The molecule has 0 unspecified atom stereocenters. The van der Waals surface area contributed by atoms with E-state index in [-0.39, 0.29) is 12.2 Å². The highest BCUT2D eigenvalue weighted by Crippen LogP contribution is 2.21. The van der Waals surface area contributed by atoms with Crippen LogP contribution in [0.25, 0.3) is 0 Å². The lowest BCUT2D eigenvalue weighted by molar-refractivity contribution is 0.117. The number of nitrogens with one attached hydrogen (secondary N) is 2. The monoisotopic (exact) mass is 322 g/mol. The van der Waals surface area contributed by atoms with Gasteiger partial charge in [0.25, 0.3) is 0 Å². The molecule has 0 bridgehead atoms. The van der Waals surface area contributed by atoms with E-state index in [0.29, 0.717) is 11.4 Å². The van der Waals surface area contributed by atoms with E-state index in [0.717, 1.165) is 18.4 Å². The van der Waals surface area contributed by atoms with Gasteiger partial charge in [-0.2, -0.15) is 0 Å². The van der Waals surface area contributed by atoms with E-state index in [1.54, 1.807) is 18.2 Å². The topological polar surface area (TPSA) is 76.7 Å². The van der Waals surface area contributed by atoms with Crippen molar-refractivity contribution < 1.29 is 19.1 Å². The number of amides is 2.